The number of ether oxygens (including phenoxy) is 1. The second-order valence-corrected chi connectivity index (χ2v) is 6.72. The maximum absolute atomic E-state index is 12.6. The zero-order valence-corrected chi connectivity index (χ0v) is 8.91. The van der Waals surface area contributed by atoms with Crippen LogP contribution in [0.1, 0.15) is 13.3 Å². The summed E-state index contributed by atoms with van der Waals surface area (Å²) in [6, 6.07) is 1.58. The molecule has 0 aromatic heterocycles. The van der Waals surface area contributed by atoms with E-state index in [1.807, 2.05) is 0 Å². The lowest BCUT2D eigenvalue weighted by Gasteiger charge is -2.43. The lowest BCUT2D eigenvalue weighted by Crippen LogP contribution is -2.25. The van der Waals surface area contributed by atoms with Crippen molar-refractivity contribution < 1.29 is 24.2 Å². The van der Waals surface area contributed by atoms with Crippen molar-refractivity contribution in [3.8, 4) is 6.07 Å². The van der Waals surface area contributed by atoms with Gasteiger partial charge in [-0.05, 0) is 19.4 Å². The fourth-order valence-electron chi connectivity index (χ4n) is 2.14. The summed E-state index contributed by atoms with van der Waals surface area (Å²) in [6.07, 6.45) is -1.40. The Labute approximate surface area is 88.4 Å². The molecule has 0 aliphatic carbocycles. The number of hydrogen-bond acceptors (Lipinski definition) is 2. The van der Waals surface area contributed by atoms with Crippen LogP contribution in [-0.4, -0.2) is 11.7 Å². The van der Waals surface area contributed by atoms with E-state index in [-0.39, 0.29) is 6.42 Å². The molecule has 16 heavy (non-hydrogen) atoms. The molecule has 0 radical (unpaired) electrons. The van der Waals surface area contributed by atoms with Gasteiger partial charge in [0.25, 0.3) is 0 Å². The highest BCUT2D eigenvalue weighted by molar-refractivity contribution is 8.48. The van der Waals surface area contributed by atoms with Crippen molar-refractivity contribution in [2.24, 2.45) is 5.92 Å². The summed E-state index contributed by atoms with van der Waals surface area (Å²) >= 11 is 0. The van der Waals surface area contributed by atoms with Crippen molar-refractivity contribution in [2.45, 2.75) is 25.0 Å². The molecule has 8 heteroatoms. The summed E-state index contributed by atoms with van der Waals surface area (Å²) in [6.45, 7) is 1.27. The van der Waals surface area contributed by atoms with Crippen LogP contribution in [0.5, 0.6) is 0 Å². The van der Waals surface area contributed by atoms with Crippen molar-refractivity contribution >= 4 is 10.2 Å². The average molecular weight is 261 g/mol. The van der Waals surface area contributed by atoms with E-state index >= 15 is 0 Å². The average Bonchev–Trinajstić information content (AvgIpc) is 2.52. The van der Waals surface area contributed by atoms with Gasteiger partial charge in [-0.25, -0.2) is 0 Å². The maximum Gasteiger partial charge on any atom is 0.309 e. The molecule has 0 aromatic rings. The summed E-state index contributed by atoms with van der Waals surface area (Å²) in [4.78, 5) is -1.94. The molecule has 2 rings (SSSR count). The quantitative estimate of drug-likeness (QED) is 0.671. The van der Waals surface area contributed by atoms with E-state index in [0.29, 0.717) is 6.08 Å². The number of halogens is 5. The Kier molecular flexibility index (Phi) is 1.63. The first-order chi connectivity index (χ1) is 6.84. The molecule has 2 bridgehead atoms. The van der Waals surface area contributed by atoms with Gasteiger partial charge in [0.2, 0.25) is 0 Å². The molecule has 92 valence electrons. The molecule has 0 saturated carbocycles. The van der Waals surface area contributed by atoms with Gasteiger partial charge in [-0.2, -0.15) is 5.26 Å². The maximum atomic E-state index is 12.6. The summed E-state index contributed by atoms with van der Waals surface area (Å²) in [5.41, 5.74) is -1.39. The van der Waals surface area contributed by atoms with E-state index in [1.165, 1.54) is 6.92 Å². The van der Waals surface area contributed by atoms with Crippen molar-refractivity contribution in [3.63, 3.8) is 0 Å². The topological polar surface area (TPSA) is 33.0 Å². The third kappa shape index (κ3) is 1.68. The van der Waals surface area contributed by atoms with Crippen LogP contribution < -0.4 is 0 Å². The smallest absolute Gasteiger partial charge is 0.309 e. The Morgan fingerprint density at radius 1 is 1.44 bits per heavy atom. The van der Waals surface area contributed by atoms with E-state index in [1.54, 1.807) is 6.07 Å². The van der Waals surface area contributed by atoms with Crippen LogP contribution in [-0.2, 0) is 4.74 Å². The molecular weight excluding hydrogens is 253 g/mol. The monoisotopic (exact) mass is 261 g/mol. The fourth-order valence-corrected chi connectivity index (χ4v) is 3.26. The van der Waals surface area contributed by atoms with Gasteiger partial charge in [0, 0.05) is 0 Å². The Hall–Kier alpha value is -0.810. The largest absolute Gasteiger partial charge is 0.361 e. The molecule has 0 aromatic carbocycles. The predicted molar refractivity (Wildman–Crippen MR) is 48.2 cm³/mol. The summed E-state index contributed by atoms with van der Waals surface area (Å²) in [5, 5.41) is 8.60. The Balaban J connectivity index is 2.54. The number of nitriles is 1. The van der Waals surface area contributed by atoms with E-state index in [4.69, 9.17) is 10.00 Å². The van der Waals surface area contributed by atoms with Crippen molar-refractivity contribution in [1.29, 1.82) is 5.26 Å². The van der Waals surface area contributed by atoms with Gasteiger partial charge in [0.05, 0.1) is 17.6 Å². The van der Waals surface area contributed by atoms with E-state index < -0.39 is 32.8 Å². The van der Waals surface area contributed by atoms with Crippen molar-refractivity contribution in [3.05, 3.63) is 11.0 Å². The van der Waals surface area contributed by atoms with Crippen LogP contribution in [0, 0.1) is 17.2 Å². The molecule has 2 aliphatic rings. The second kappa shape index (κ2) is 2.24. The lowest BCUT2D eigenvalue weighted by atomic mass is 9.88. The lowest BCUT2D eigenvalue weighted by molar-refractivity contribution is 0.0417. The minimum absolute atomic E-state index is 0.0194. The van der Waals surface area contributed by atoms with E-state index in [9.17, 15) is 19.4 Å². The highest BCUT2D eigenvalue weighted by Crippen LogP contribution is 3.03. The minimum atomic E-state index is -9.71. The Morgan fingerprint density at radius 3 is 2.38 bits per heavy atom. The van der Waals surface area contributed by atoms with Crippen LogP contribution in [0.25, 0.3) is 0 Å². The molecule has 2 heterocycles. The number of rotatable bonds is 1. The number of fused-ring (bicyclic) bond motifs is 2. The highest BCUT2D eigenvalue weighted by atomic mass is 32.5. The van der Waals surface area contributed by atoms with Crippen LogP contribution >= 0.6 is 10.2 Å². The van der Waals surface area contributed by atoms with Gasteiger partial charge in [-0.1, -0.05) is 19.4 Å². The Morgan fingerprint density at radius 2 is 2.00 bits per heavy atom. The Bertz CT molecular complexity index is 435. The summed E-state index contributed by atoms with van der Waals surface area (Å²) in [7, 11) is -9.71. The molecule has 3 atom stereocenters. The minimum Gasteiger partial charge on any atom is -0.361 e. The molecule has 0 spiro atoms. The van der Waals surface area contributed by atoms with Gasteiger partial charge in [0.1, 0.15) is 11.0 Å². The van der Waals surface area contributed by atoms with Gasteiger partial charge in [0.15, 0.2) is 0 Å². The molecule has 0 N–H and O–H groups in total. The third-order valence-electron chi connectivity index (χ3n) is 2.73. The zero-order valence-electron chi connectivity index (χ0n) is 8.09. The first-order valence-electron chi connectivity index (χ1n) is 4.39. The van der Waals surface area contributed by atoms with Crippen LogP contribution in [0.3, 0.4) is 0 Å². The SMILES string of the molecule is CC12C=C(S(F)(F)(F)(F)F)C(O1)C(C#N)C2. The molecule has 3 unspecified atom stereocenters. The summed E-state index contributed by atoms with van der Waals surface area (Å²) in [5.74, 6) is -1.16. The molecule has 1 saturated heterocycles. The first-order valence-corrected chi connectivity index (χ1v) is 6.34. The van der Waals surface area contributed by atoms with Crippen LogP contribution in [0.15, 0.2) is 11.0 Å². The van der Waals surface area contributed by atoms with Crippen LogP contribution in [0.2, 0.25) is 0 Å². The van der Waals surface area contributed by atoms with E-state index in [0.717, 1.165) is 0 Å². The predicted octanol–water partition coefficient (Wildman–Crippen LogP) is 3.87. The molecule has 2 aliphatic heterocycles. The fraction of sp³-hybridized carbons (Fsp3) is 0.625. The highest BCUT2D eigenvalue weighted by Gasteiger charge is 2.73. The molecule has 0 amide bonds. The number of nitrogens with zero attached hydrogens (tertiary/aromatic N) is 1. The molecule has 1 fully saturated rings. The molecular formula is C8H8F5NOS. The molecule has 2 nitrogen and oxygen atoms in total. The third-order valence-corrected chi connectivity index (χ3v) is 3.97. The zero-order chi connectivity index (χ0) is 12.5. The van der Waals surface area contributed by atoms with Gasteiger partial charge in [-0.3, -0.25) is 0 Å². The number of hydrogen-bond donors (Lipinski definition) is 0. The summed E-state index contributed by atoms with van der Waals surface area (Å²) < 4.78 is 67.8. The van der Waals surface area contributed by atoms with Crippen molar-refractivity contribution in [1.82, 2.24) is 0 Å². The normalized spacial score (nSPS) is 42.2. The van der Waals surface area contributed by atoms with Gasteiger partial charge in [-0.15, -0.1) is 0 Å². The van der Waals surface area contributed by atoms with Gasteiger partial charge >= 0.3 is 10.2 Å². The van der Waals surface area contributed by atoms with E-state index in [2.05, 4.69) is 0 Å². The van der Waals surface area contributed by atoms with Crippen molar-refractivity contribution in [2.75, 3.05) is 0 Å². The van der Waals surface area contributed by atoms with Crippen LogP contribution in [0.4, 0.5) is 19.4 Å². The first kappa shape index (κ1) is 11.7. The standard InChI is InChI=1S/C8H8F5NOS/c1-8-2-5(4-14)7(15-8)6(3-8)16(9,10,11,12)13/h3,5,7H,2H2,1H3. The van der Waals surface area contributed by atoms with Gasteiger partial charge < -0.3 is 4.74 Å². The second-order valence-electron chi connectivity index (χ2n) is 4.31.